The van der Waals surface area contributed by atoms with Crippen LogP contribution in [0, 0.1) is 12.1 Å². The molecule has 4 nitrogen and oxygen atoms in total. The second-order valence-corrected chi connectivity index (χ2v) is 17.9. The van der Waals surface area contributed by atoms with Crippen molar-refractivity contribution in [1.29, 1.82) is 0 Å². The predicted molar refractivity (Wildman–Crippen MR) is 282 cm³/mol. The number of hydrogen-bond acceptors (Lipinski definition) is 3. The highest BCUT2D eigenvalue weighted by atomic mass is 15.0. The number of anilines is 2. The Bertz CT molecular complexity index is 3920. The van der Waals surface area contributed by atoms with Gasteiger partial charge >= 0.3 is 0 Å². The third kappa shape index (κ3) is 5.84. The summed E-state index contributed by atoms with van der Waals surface area (Å²) in [7, 11) is 0. The fourth-order valence-electron chi connectivity index (χ4n) is 11.4. The quantitative estimate of drug-likeness (QED) is 0.173. The first-order valence-corrected chi connectivity index (χ1v) is 23.5. The number of hydrogen-bond donors (Lipinski definition) is 1. The topological polar surface area (TPSA) is 42.7 Å². The van der Waals surface area contributed by atoms with Gasteiger partial charge in [0, 0.05) is 44.4 Å². The summed E-state index contributed by atoms with van der Waals surface area (Å²) in [6, 6.07) is 91.6. The molecular formula is C65H40N4. The van der Waals surface area contributed by atoms with Crippen molar-refractivity contribution >= 4 is 33.3 Å². The van der Waals surface area contributed by atoms with E-state index in [2.05, 4.69) is 210 Å². The van der Waals surface area contributed by atoms with Gasteiger partial charge in [0.15, 0.2) is 5.82 Å². The van der Waals surface area contributed by atoms with Gasteiger partial charge < -0.3 is 9.88 Å². The molecule has 0 bridgehead atoms. The smallest absolute Gasteiger partial charge is 0.162 e. The molecule has 4 heteroatoms. The Labute approximate surface area is 400 Å². The van der Waals surface area contributed by atoms with Gasteiger partial charge in [0.2, 0.25) is 0 Å². The first-order valence-electron chi connectivity index (χ1n) is 23.5. The van der Waals surface area contributed by atoms with Crippen molar-refractivity contribution in [3.05, 3.63) is 271 Å². The van der Waals surface area contributed by atoms with E-state index in [1.807, 2.05) is 48.5 Å². The van der Waals surface area contributed by atoms with Crippen LogP contribution in [0.5, 0.6) is 0 Å². The molecule has 0 atom stereocenters. The van der Waals surface area contributed by atoms with E-state index in [1.165, 1.54) is 60.8 Å². The number of fused-ring (bicyclic) bond motifs is 14. The zero-order chi connectivity index (χ0) is 45.5. The molecule has 0 fully saturated rings. The van der Waals surface area contributed by atoms with E-state index in [0.29, 0.717) is 11.6 Å². The largest absolute Gasteiger partial charge is 0.340 e. The summed E-state index contributed by atoms with van der Waals surface area (Å²) < 4.78 is 2.49. The van der Waals surface area contributed by atoms with Gasteiger partial charge in [-0.1, -0.05) is 200 Å². The maximum absolute atomic E-state index is 5.31. The molecule has 14 rings (SSSR count). The normalized spacial score (nSPS) is 12.6. The van der Waals surface area contributed by atoms with Gasteiger partial charge in [-0.05, 0) is 98.6 Å². The molecule has 320 valence electrons. The molecule has 0 unspecified atom stereocenters. The van der Waals surface area contributed by atoms with Gasteiger partial charge in [-0.3, -0.25) is 0 Å². The van der Waals surface area contributed by atoms with Crippen molar-refractivity contribution in [3.63, 3.8) is 0 Å². The van der Waals surface area contributed by atoms with Crippen LogP contribution in [0.1, 0.15) is 22.3 Å². The lowest BCUT2D eigenvalue weighted by molar-refractivity contribution is 0.794. The fraction of sp³-hybridized carbons (Fsp3) is 0.0154. The molecular weight excluding hydrogens is 837 g/mol. The highest BCUT2D eigenvalue weighted by Crippen LogP contribution is 2.64. The zero-order valence-electron chi connectivity index (χ0n) is 37.4. The third-order valence-corrected chi connectivity index (χ3v) is 14.3. The highest BCUT2D eigenvalue weighted by Gasteiger charge is 2.52. The molecule has 1 N–H and O–H groups in total. The Morgan fingerprint density at radius 3 is 1.72 bits per heavy atom. The number of rotatable bonds is 7. The Hall–Kier alpha value is -9.30. The Balaban J connectivity index is 0.995. The first kappa shape index (κ1) is 38.9. The molecule has 10 aromatic carbocycles. The molecule has 2 aliphatic rings. The van der Waals surface area contributed by atoms with Gasteiger partial charge in [0.05, 0.1) is 27.7 Å². The van der Waals surface area contributed by atoms with Crippen LogP contribution in [0.3, 0.4) is 0 Å². The Kier molecular flexibility index (Phi) is 8.68. The SMILES string of the molecule is c1cc(-c2ccc3c(c2)c2ccc4c(c2n3-c2ccccc2)-c2ccccc2C42c3ccccc3-c3ccccc32)cc(-c2c(Nc3ccccc3)nc(-c3ccccc3)nc2-c2ccccc2)c#1. The molecule has 2 aromatic heterocycles. The highest BCUT2D eigenvalue weighted by molar-refractivity contribution is 6.17. The maximum Gasteiger partial charge on any atom is 0.162 e. The second-order valence-electron chi connectivity index (χ2n) is 17.9. The lowest BCUT2D eigenvalue weighted by Gasteiger charge is -2.30. The number of aromatic nitrogens is 3. The molecule has 1 spiro atoms. The molecule has 12 aromatic rings. The summed E-state index contributed by atoms with van der Waals surface area (Å²) in [6.07, 6.45) is 0. The average molecular weight is 877 g/mol. The Morgan fingerprint density at radius 1 is 0.435 bits per heavy atom. The van der Waals surface area contributed by atoms with Crippen molar-refractivity contribution in [2.75, 3.05) is 5.32 Å². The van der Waals surface area contributed by atoms with E-state index in [9.17, 15) is 0 Å². The lowest BCUT2D eigenvalue weighted by atomic mass is 9.70. The second kappa shape index (κ2) is 15.4. The minimum atomic E-state index is -0.445. The van der Waals surface area contributed by atoms with Gasteiger partial charge in [-0.25, -0.2) is 9.97 Å². The van der Waals surface area contributed by atoms with Crippen LogP contribution < -0.4 is 5.32 Å². The first-order chi connectivity index (χ1) is 34.2. The number of nitrogens with one attached hydrogen (secondary N) is 1. The molecule has 0 radical (unpaired) electrons. The van der Waals surface area contributed by atoms with Crippen LogP contribution in [0.25, 0.3) is 94.6 Å². The minimum Gasteiger partial charge on any atom is -0.340 e. The number of nitrogens with zero attached hydrogens (tertiary/aromatic N) is 3. The molecule has 0 aliphatic heterocycles. The molecule has 0 amide bonds. The van der Waals surface area contributed by atoms with Crippen LogP contribution in [0.2, 0.25) is 0 Å². The van der Waals surface area contributed by atoms with Crippen LogP contribution in [-0.4, -0.2) is 14.5 Å². The summed E-state index contributed by atoms with van der Waals surface area (Å²) in [5.74, 6) is 1.33. The summed E-state index contributed by atoms with van der Waals surface area (Å²) >= 11 is 0. The molecule has 0 saturated carbocycles. The van der Waals surface area contributed by atoms with Crippen LogP contribution in [0.15, 0.2) is 237 Å². The fourth-order valence-corrected chi connectivity index (χ4v) is 11.4. The summed E-state index contributed by atoms with van der Waals surface area (Å²) in [5, 5.41) is 6.07. The van der Waals surface area contributed by atoms with Crippen LogP contribution in [0.4, 0.5) is 11.5 Å². The molecule has 2 aliphatic carbocycles. The van der Waals surface area contributed by atoms with Crippen molar-refractivity contribution in [3.8, 4) is 72.8 Å². The number of para-hydroxylation sites is 2. The van der Waals surface area contributed by atoms with Crippen molar-refractivity contribution in [2.45, 2.75) is 5.41 Å². The lowest BCUT2D eigenvalue weighted by Crippen LogP contribution is -2.25. The minimum absolute atomic E-state index is 0.445. The van der Waals surface area contributed by atoms with E-state index < -0.39 is 5.41 Å². The van der Waals surface area contributed by atoms with E-state index in [1.54, 1.807) is 0 Å². The van der Waals surface area contributed by atoms with Crippen LogP contribution in [-0.2, 0) is 5.41 Å². The van der Waals surface area contributed by atoms with Crippen LogP contribution >= 0.6 is 0 Å². The van der Waals surface area contributed by atoms with Gasteiger partial charge in [-0.15, -0.1) is 0 Å². The van der Waals surface area contributed by atoms with E-state index >= 15 is 0 Å². The van der Waals surface area contributed by atoms with Gasteiger partial charge in [0.25, 0.3) is 0 Å². The Morgan fingerprint density at radius 2 is 1.03 bits per heavy atom. The predicted octanol–water partition coefficient (Wildman–Crippen LogP) is 15.9. The van der Waals surface area contributed by atoms with Crippen molar-refractivity contribution in [2.24, 2.45) is 0 Å². The number of benzene rings is 9. The standard InChI is InChI=1S/C65H40N4/c1-5-20-42(21-6-1)61-59(64(66-47-26-9-3-10-27-47)68-63(67-61)43-22-7-2-8-23-43)46-25-19-24-44(40-46)45-36-39-58-53(41-45)51-37-38-57-60(62(51)69(58)48-28-11-4-12-29-48)52-32-15-18-35-56(52)65(57)54-33-16-13-30-49(54)50-31-14-17-34-55(50)65/h1-18,20-24,26-41H,(H,66,67,68). The molecule has 69 heavy (non-hydrogen) atoms. The maximum atomic E-state index is 5.31. The zero-order valence-corrected chi connectivity index (χ0v) is 37.4. The van der Waals surface area contributed by atoms with Crippen molar-refractivity contribution < 1.29 is 0 Å². The summed E-state index contributed by atoms with van der Waals surface area (Å²) in [4.78, 5) is 10.6. The monoisotopic (exact) mass is 876 g/mol. The summed E-state index contributed by atoms with van der Waals surface area (Å²) in [5.41, 5.74) is 21.0. The van der Waals surface area contributed by atoms with E-state index in [0.717, 1.165) is 56.0 Å². The molecule has 0 saturated heterocycles. The van der Waals surface area contributed by atoms with E-state index in [-0.39, 0.29) is 0 Å². The van der Waals surface area contributed by atoms with E-state index in [4.69, 9.17) is 9.97 Å². The molecule has 2 heterocycles. The third-order valence-electron chi connectivity index (χ3n) is 14.3. The van der Waals surface area contributed by atoms with Gasteiger partial charge in [-0.2, -0.15) is 0 Å². The van der Waals surface area contributed by atoms with Crippen molar-refractivity contribution in [1.82, 2.24) is 14.5 Å². The van der Waals surface area contributed by atoms with Gasteiger partial charge in [0.1, 0.15) is 5.82 Å². The average Bonchev–Trinajstić information content (AvgIpc) is 4.03. The summed E-state index contributed by atoms with van der Waals surface area (Å²) in [6.45, 7) is 0.